The molecule has 0 spiro atoms. The highest BCUT2D eigenvalue weighted by Gasteiger charge is 2.28. The van der Waals surface area contributed by atoms with Crippen molar-refractivity contribution in [2.45, 2.75) is 6.42 Å². The minimum absolute atomic E-state index is 0.108. The monoisotopic (exact) mass is 285 g/mol. The summed E-state index contributed by atoms with van der Waals surface area (Å²) in [4.78, 5) is 21.0. The number of nitrogens with two attached hydrogens (primary N) is 2. The largest absolute Gasteiger partial charge is 0.369 e. The Morgan fingerprint density at radius 3 is 3.00 bits per heavy atom. The van der Waals surface area contributed by atoms with Crippen LogP contribution in [0.5, 0.6) is 0 Å². The van der Waals surface area contributed by atoms with Crippen LogP contribution in [0.15, 0.2) is 10.7 Å². The van der Waals surface area contributed by atoms with E-state index in [1.54, 1.807) is 6.20 Å². The van der Waals surface area contributed by atoms with Gasteiger partial charge in [0.2, 0.25) is 11.9 Å². The highest BCUT2D eigenvalue weighted by molar-refractivity contribution is 9.10. The van der Waals surface area contributed by atoms with Crippen molar-refractivity contribution in [3.63, 3.8) is 0 Å². The fourth-order valence-corrected chi connectivity index (χ4v) is 2.22. The highest BCUT2D eigenvalue weighted by Crippen LogP contribution is 2.28. The van der Waals surface area contributed by atoms with E-state index < -0.39 is 0 Å². The number of primary amides is 1. The highest BCUT2D eigenvalue weighted by atomic mass is 79.9. The number of anilines is 2. The molecule has 86 valence electrons. The fraction of sp³-hybridized carbons (Fsp3) is 0.444. The number of carbonyl (C=O) groups excluding carboxylic acids is 1. The van der Waals surface area contributed by atoms with Crippen molar-refractivity contribution in [1.82, 2.24) is 9.97 Å². The van der Waals surface area contributed by atoms with Crippen molar-refractivity contribution in [1.29, 1.82) is 0 Å². The predicted molar refractivity (Wildman–Crippen MR) is 63.7 cm³/mol. The van der Waals surface area contributed by atoms with E-state index in [-0.39, 0.29) is 17.8 Å². The van der Waals surface area contributed by atoms with Gasteiger partial charge < -0.3 is 16.4 Å². The minimum Gasteiger partial charge on any atom is -0.369 e. The van der Waals surface area contributed by atoms with Gasteiger partial charge in [-0.25, -0.2) is 4.98 Å². The molecule has 0 saturated carbocycles. The molecule has 1 saturated heterocycles. The number of nitrogen functional groups attached to an aromatic ring is 1. The van der Waals surface area contributed by atoms with Gasteiger partial charge in [-0.3, -0.25) is 4.79 Å². The summed E-state index contributed by atoms with van der Waals surface area (Å²) in [7, 11) is 0. The zero-order valence-electron chi connectivity index (χ0n) is 8.56. The molecular weight excluding hydrogens is 274 g/mol. The standard InChI is InChI=1S/C9H12BrN5O/c10-6-3-13-9(12)14-8(6)15-2-1-5(4-15)7(11)16/h3,5H,1-2,4H2,(H2,11,16)(H2,12,13,14). The second-order valence-electron chi connectivity index (χ2n) is 3.73. The maximum absolute atomic E-state index is 11.1. The maximum atomic E-state index is 11.1. The van der Waals surface area contributed by atoms with E-state index in [1.165, 1.54) is 0 Å². The van der Waals surface area contributed by atoms with Gasteiger partial charge in [-0.15, -0.1) is 0 Å². The number of carbonyl (C=O) groups is 1. The van der Waals surface area contributed by atoms with E-state index in [9.17, 15) is 4.79 Å². The predicted octanol–water partition coefficient (Wildman–Crippen LogP) is 0.133. The number of hydrogen-bond acceptors (Lipinski definition) is 5. The lowest BCUT2D eigenvalue weighted by Crippen LogP contribution is -2.28. The van der Waals surface area contributed by atoms with E-state index in [0.29, 0.717) is 6.54 Å². The number of halogens is 1. The van der Waals surface area contributed by atoms with Gasteiger partial charge in [-0.2, -0.15) is 4.98 Å². The van der Waals surface area contributed by atoms with Crippen LogP contribution in [0.4, 0.5) is 11.8 Å². The van der Waals surface area contributed by atoms with Crippen LogP contribution in [0.1, 0.15) is 6.42 Å². The second kappa shape index (κ2) is 4.25. The molecule has 16 heavy (non-hydrogen) atoms. The molecule has 7 heteroatoms. The van der Waals surface area contributed by atoms with E-state index in [2.05, 4.69) is 25.9 Å². The number of rotatable bonds is 2. The van der Waals surface area contributed by atoms with Crippen LogP contribution in [0.25, 0.3) is 0 Å². The average molecular weight is 286 g/mol. The topological polar surface area (TPSA) is 98.1 Å². The van der Waals surface area contributed by atoms with Crippen LogP contribution in [-0.4, -0.2) is 29.0 Å². The van der Waals surface area contributed by atoms with Crippen LogP contribution in [0.2, 0.25) is 0 Å². The molecule has 1 aliphatic heterocycles. The fourth-order valence-electron chi connectivity index (χ4n) is 1.78. The van der Waals surface area contributed by atoms with Crippen molar-refractivity contribution >= 4 is 33.6 Å². The van der Waals surface area contributed by atoms with Crippen LogP contribution in [0, 0.1) is 5.92 Å². The average Bonchev–Trinajstić information content (AvgIpc) is 2.70. The number of nitrogens with zero attached hydrogens (tertiary/aromatic N) is 3. The number of hydrogen-bond donors (Lipinski definition) is 2. The van der Waals surface area contributed by atoms with E-state index in [4.69, 9.17) is 11.5 Å². The number of amides is 1. The molecule has 1 atom stereocenters. The van der Waals surface area contributed by atoms with Crippen molar-refractivity contribution < 1.29 is 4.79 Å². The third kappa shape index (κ3) is 2.08. The van der Waals surface area contributed by atoms with Gasteiger partial charge in [-0.05, 0) is 22.4 Å². The smallest absolute Gasteiger partial charge is 0.222 e. The van der Waals surface area contributed by atoms with Gasteiger partial charge >= 0.3 is 0 Å². The summed E-state index contributed by atoms with van der Waals surface area (Å²) >= 11 is 3.36. The van der Waals surface area contributed by atoms with Gasteiger partial charge in [0.05, 0.1) is 10.4 Å². The van der Waals surface area contributed by atoms with Gasteiger partial charge in [0, 0.05) is 19.3 Å². The number of aromatic nitrogens is 2. The van der Waals surface area contributed by atoms with E-state index in [0.717, 1.165) is 23.3 Å². The molecule has 0 aromatic carbocycles. The lowest BCUT2D eigenvalue weighted by molar-refractivity contribution is -0.121. The quantitative estimate of drug-likeness (QED) is 0.805. The van der Waals surface area contributed by atoms with Gasteiger partial charge in [0.1, 0.15) is 5.82 Å². The first kappa shape index (κ1) is 11.1. The molecule has 1 aromatic rings. The Bertz CT molecular complexity index is 424. The second-order valence-corrected chi connectivity index (χ2v) is 4.59. The first-order valence-electron chi connectivity index (χ1n) is 4.90. The Hall–Kier alpha value is -1.37. The first-order valence-corrected chi connectivity index (χ1v) is 5.69. The third-order valence-electron chi connectivity index (χ3n) is 2.63. The van der Waals surface area contributed by atoms with Gasteiger partial charge in [0.15, 0.2) is 0 Å². The zero-order valence-corrected chi connectivity index (χ0v) is 10.1. The Balaban J connectivity index is 2.20. The Kier molecular flexibility index (Phi) is 2.95. The molecule has 1 aliphatic rings. The summed E-state index contributed by atoms with van der Waals surface area (Å²) in [6, 6.07) is 0. The lowest BCUT2D eigenvalue weighted by Gasteiger charge is -2.18. The zero-order chi connectivity index (χ0) is 11.7. The van der Waals surface area contributed by atoms with Crippen molar-refractivity contribution in [3.05, 3.63) is 10.7 Å². The SMILES string of the molecule is NC(=O)C1CCN(c2nc(N)ncc2Br)C1. The molecular formula is C9H12BrN5O. The summed E-state index contributed by atoms with van der Waals surface area (Å²) < 4.78 is 0.770. The lowest BCUT2D eigenvalue weighted by atomic mass is 10.1. The molecule has 1 amide bonds. The maximum Gasteiger partial charge on any atom is 0.222 e. The molecule has 0 aliphatic carbocycles. The molecule has 0 radical (unpaired) electrons. The van der Waals surface area contributed by atoms with Gasteiger partial charge in [-0.1, -0.05) is 0 Å². The Labute approximate surface area is 101 Å². The van der Waals surface area contributed by atoms with Crippen LogP contribution < -0.4 is 16.4 Å². The minimum atomic E-state index is -0.263. The van der Waals surface area contributed by atoms with Crippen molar-refractivity contribution in [2.24, 2.45) is 11.7 Å². The van der Waals surface area contributed by atoms with Crippen molar-refractivity contribution in [3.8, 4) is 0 Å². The summed E-state index contributed by atoms with van der Waals surface area (Å²) in [5.74, 6) is 0.570. The molecule has 1 aromatic heterocycles. The summed E-state index contributed by atoms with van der Waals surface area (Å²) in [5.41, 5.74) is 10.8. The summed E-state index contributed by atoms with van der Waals surface area (Å²) in [6.07, 6.45) is 2.36. The normalized spacial score (nSPS) is 20.1. The van der Waals surface area contributed by atoms with Gasteiger partial charge in [0.25, 0.3) is 0 Å². The summed E-state index contributed by atoms with van der Waals surface area (Å²) in [5, 5.41) is 0. The molecule has 2 heterocycles. The Morgan fingerprint density at radius 2 is 2.38 bits per heavy atom. The van der Waals surface area contributed by atoms with Crippen molar-refractivity contribution in [2.75, 3.05) is 23.7 Å². The molecule has 2 rings (SSSR count). The molecule has 4 N–H and O–H groups in total. The summed E-state index contributed by atoms with van der Waals surface area (Å²) in [6.45, 7) is 1.34. The first-order chi connectivity index (χ1) is 7.58. The van der Waals surface area contributed by atoms with Crippen LogP contribution in [-0.2, 0) is 4.79 Å². The molecule has 1 unspecified atom stereocenters. The van der Waals surface area contributed by atoms with E-state index in [1.807, 2.05) is 4.90 Å². The molecule has 0 bridgehead atoms. The molecule has 1 fully saturated rings. The van der Waals surface area contributed by atoms with Crippen LogP contribution >= 0.6 is 15.9 Å². The Morgan fingerprint density at radius 1 is 1.62 bits per heavy atom. The van der Waals surface area contributed by atoms with E-state index >= 15 is 0 Å². The third-order valence-corrected chi connectivity index (χ3v) is 3.19. The molecule has 6 nitrogen and oxygen atoms in total. The van der Waals surface area contributed by atoms with Crippen LogP contribution in [0.3, 0.4) is 0 Å².